The number of hydrogen-bond acceptors (Lipinski definition) is 3. The third kappa shape index (κ3) is 6.24. The molecular formula is C12H22F3N3O. The number of carbonyl (C=O) groups is 1. The van der Waals surface area contributed by atoms with Crippen molar-refractivity contribution >= 4 is 5.91 Å². The second-order valence-corrected chi connectivity index (χ2v) is 5.27. The van der Waals surface area contributed by atoms with Crippen LogP contribution in [0.15, 0.2) is 0 Å². The molecule has 0 aromatic carbocycles. The van der Waals surface area contributed by atoms with Crippen molar-refractivity contribution in [3.8, 4) is 0 Å². The van der Waals surface area contributed by atoms with Crippen LogP contribution in [-0.4, -0.2) is 56.3 Å². The van der Waals surface area contributed by atoms with E-state index in [-0.39, 0.29) is 18.4 Å². The lowest BCUT2D eigenvalue weighted by Gasteiger charge is -2.32. The summed E-state index contributed by atoms with van der Waals surface area (Å²) in [6.07, 6.45) is -2.19. The van der Waals surface area contributed by atoms with Gasteiger partial charge in [0.15, 0.2) is 0 Å². The monoisotopic (exact) mass is 281 g/mol. The maximum Gasteiger partial charge on any atom is 0.403 e. The number of piperidine rings is 1. The lowest BCUT2D eigenvalue weighted by atomic mass is 9.96. The molecule has 1 aliphatic heterocycles. The second-order valence-electron chi connectivity index (χ2n) is 5.27. The number of nitrogens with zero attached hydrogens (tertiary/aromatic N) is 1. The van der Waals surface area contributed by atoms with E-state index in [1.165, 1.54) is 0 Å². The first kappa shape index (κ1) is 16.2. The Bertz CT molecular complexity index is 294. The molecule has 1 fully saturated rings. The lowest BCUT2D eigenvalue weighted by Crippen LogP contribution is -2.51. The molecule has 2 unspecified atom stereocenters. The maximum atomic E-state index is 12.6. The highest BCUT2D eigenvalue weighted by atomic mass is 19.4. The Balaban J connectivity index is 2.24. The zero-order chi connectivity index (χ0) is 14.5. The summed E-state index contributed by atoms with van der Waals surface area (Å²) in [6.45, 7) is 0.707. The van der Waals surface area contributed by atoms with E-state index < -0.39 is 12.2 Å². The third-order valence-corrected chi connectivity index (χ3v) is 3.15. The van der Waals surface area contributed by atoms with Gasteiger partial charge < -0.3 is 15.5 Å². The molecule has 7 heteroatoms. The highest BCUT2D eigenvalue weighted by Gasteiger charge is 2.41. The fourth-order valence-corrected chi connectivity index (χ4v) is 2.23. The van der Waals surface area contributed by atoms with Crippen molar-refractivity contribution < 1.29 is 18.0 Å². The fourth-order valence-electron chi connectivity index (χ4n) is 2.23. The van der Waals surface area contributed by atoms with Crippen molar-refractivity contribution in [3.05, 3.63) is 0 Å². The lowest BCUT2D eigenvalue weighted by molar-refractivity contribution is -0.163. The summed E-state index contributed by atoms with van der Waals surface area (Å²) in [5.41, 5.74) is 0. The molecule has 0 aliphatic carbocycles. The average Bonchev–Trinajstić information content (AvgIpc) is 2.27. The molecule has 0 aromatic rings. The van der Waals surface area contributed by atoms with E-state index in [0.29, 0.717) is 25.9 Å². The fraction of sp³-hybridized carbons (Fsp3) is 0.917. The van der Waals surface area contributed by atoms with Crippen LogP contribution in [0.1, 0.15) is 25.7 Å². The second kappa shape index (κ2) is 7.09. The van der Waals surface area contributed by atoms with Crippen LogP contribution in [0.2, 0.25) is 0 Å². The minimum atomic E-state index is -4.17. The summed E-state index contributed by atoms with van der Waals surface area (Å²) in [6, 6.07) is -1.57. The average molecular weight is 281 g/mol. The summed E-state index contributed by atoms with van der Waals surface area (Å²) in [7, 11) is 3.58. The van der Waals surface area contributed by atoms with Crippen LogP contribution in [0.3, 0.4) is 0 Å². The van der Waals surface area contributed by atoms with E-state index in [1.54, 1.807) is 19.0 Å². The predicted octanol–water partition coefficient (Wildman–Crippen LogP) is 1.13. The van der Waals surface area contributed by atoms with Crippen molar-refractivity contribution in [2.75, 3.05) is 27.2 Å². The van der Waals surface area contributed by atoms with Gasteiger partial charge in [0.05, 0.1) is 6.54 Å². The maximum absolute atomic E-state index is 12.6. The molecule has 1 aliphatic rings. The van der Waals surface area contributed by atoms with E-state index in [1.807, 2.05) is 0 Å². The Morgan fingerprint density at radius 3 is 2.63 bits per heavy atom. The molecule has 2 N–H and O–H groups in total. The molecule has 1 heterocycles. The minimum absolute atomic E-state index is 0.104. The SMILES string of the molecule is CN(C)CC(=O)NCCC1CCCC(C(F)(F)F)N1. The zero-order valence-corrected chi connectivity index (χ0v) is 11.4. The van der Waals surface area contributed by atoms with Crippen LogP contribution in [0, 0.1) is 0 Å². The topological polar surface area (TPSA) is 44.4 Å². The van der Waals surface area contributed by atoms with Crippen LogP contribution >= 0.6 is 0 Å². The number of alkyl halides is 3. The molecule has 4 nitrogen and oxygen atoms in total. The van der Waals surface area contributed by atoms with E-state index in [0.717, 1.165) is 6.42 Å². The normalized spacial score (nSPS) is 24.5. The quantitative estimate of drug-likeness (QED) is 0.794. The summed E-state index contributed by atoms with van der Waals surface area (Å²) < 4.78 is 37.7. The minimum Gasteiger partial charge on any atom is -0.355 e. The summed E-state index contributed by atoms with van der Waals surface area (Å²) in [5.74, 6) is -0.104. The number of likely N-dealkylation sites (N-methyl/N-ethyl adjacent to an activating group) is 1. The first-order valence-corrected chi connectivity index (χ1v) is 6.53. The van der Waals surface area contributed by atoms with Gasteiger partial charge in [0, 0.05) is 12.6 Å². The van der Waals surface area contributed by atoms with Crippen LogP contribution < -0.4 is 10.6 Å². The Morgan fingerprint density at radius 2 is 2.05 bits per heavy atom. The molecule has 1 rings (SSSR count). The summed E-state index contributed by atoms with van der Waals surface area (Å²) in [5, 5.41) is 5.33. The molecule has 0 aromatic heterocycles. The molecular weight excluding hydrogens is 259 g/mol. The van der Waals surface area contributed by atoms with E-state index in [9.17, 15) is 18.0 Å². The van der Waals surface area contributed by atoms with Crippen LogP contribution in [0.4, 0.5) is 13.2 Å². The zero-order valence-electron chi connectivity index (χ0n) is 11.4. The number of amides is 1. The molecule has 19 heavy (non-hydrogen) atoms. The molecule has 0 saturated carbocycles. The molecule has 0 radical (unpaired) electrons. The van der Waals surface area contributed by atoms with Crippen molar-refractivity contribution in [3.63, 3.8) is 0 Å². The van der Waals surface area contributed by atoms with Crippen molar-refractivity contribution in [1.29, 1.82) is 0 Å². The van der Waals surface area contributed by atoms with Crippen molar-refractivity contribution in [1.82, 2.24) is 15.5 Å². The van der Waals surface area contributed by atoms with E-state index in [4.69, 9.17) is 0 Å². The summed E-state index contributed by atoms with van der Waals surface area (Å²) in [4.78, 5) is 13.1. The van der Waals surface area contributed by atoms with Crippen LogP contribution in [0.5, 0.6) is 0 Å². The summed E-state index contributed by atoms with van der Waals surface area (Å²) >= 11 is 0. The number of halogens is 3. The van der Waals surface area contributed by atoms with Gasteiger partial charge >= 0.3 is 6.18 Å². The number of carbonyl (C=O) groups excluding carboxylic acids is 1. The predicted molar refractivity (Wildman–Crippen MR) is 66.8 cm³/mol. The Hall–Kier alpha value is -0.820. The molecule has 0 spiro atoms. The highest BCUT2D eigenvalue weighted by molar-refractivity contribution is 5.77. The smallest absolute Gasteiger partial charge is 0.355 e. The van der Waals surface area contributed by atoms with Gasteiger partial charge in [-0.25, -0.2) is 0 Å². The van der Waals surface area contributed by atoms with Gasteiger partial charge in [0.2, 0.25) is 5.91 Å². The van der Waals surface area contributed by atoms with E-state index in [2.05, 4.69) is 10.6 Å². The number of rotatable bonds is 5. The standard InChI is InChI=1S/C12H22F3N3O/c1-18(2)8-11(19)16-7-6-9-4-3-5-10(17-9)12(13,14)15/h9-10,17H,3-8H2,1-2H3,(H,16,19). The van der Waals surface area contributed by atoms with Gasteiger partial charge in [-0.15, -0.1) is 0 Å². The van der Waals surface area contributed by atoms with Gasteiger partial charge in [0.25, 0.3) is 0 Å². The molecule has 2 atom stereocenters. The van der Waals surface area contributed by atoms with E-state index >= 15 is 0 Å². The van der Waals surface area contributed by atoms with Gasteiger partial charge in [0.1, 0.15) is 6.04 Å². The number of hydrogen-bond donors (Lipinski definition) is 2. The molecule has 1 saturated heterocycles. The van der Waals surface area contributed by atoms with Gasteiger partial charge in [-0.05, 0) is 33.4 Å². The molecule has 0 bridgehead atoms. The Kier molecular flexibility index (Phi) is 6.06. The largest absolute Gasteiger partial charge is 0.403 e. The molecule has 112 valence electrons. The Morgan fingerprint density at radius 1 is 1.37 bits per heavy atom. The van der Waals surface area contributed by atoms with Crippen LogP contribution in [-0.2, 0) is 4.79 Å². The van der Waals surface area contributed by atoms with Crippen LogP contribution in [0.25, 0.3) is 0 Å². The Labute approximate surface area is 111 Å². The van der Waals surface area contributed by atoms with Crippen molar-refractivity contribution in [2.24, 2.45) is 0 Å². The van der Waals surface area contributed by atoms with Crippen molar-refractivity contribution in [2.45, 2.75) is 43.9 Å². The molecule has 1 amide bonds. The number of nitrogens with one attached hydrogen (secondary N) is 2. The van der Waals surface area contributed by atoms with Gasteiger partial charge in [-0.1, -0.05) is 6.42 Å². The first-order chi connectivity index (χ1) is 8.79. The highest BCUT2D eigenvalue weighted by Crippen LogP contribution is 2.28. The van der Waals surface area contributed by atoms with Gasteiger partial charge in [-0.3, -0.25) is 4.79 Å². The van der Waals surface area contributed by atoms with Gasteiger partial charge in [-0.2, -0.15) is 13.2 Å². The third-order valence-electron chi connectivity index (χ3n) is 3.15. The first-order valence-electron chi connectivity index (χ1n) is 6.53.